The highest BCUT2D eigenvalue weighted by Crippen LogP contribution is 2.33. The number of aromatic nitrogens is 1. The van der Waals surface area contributed by atoms with Gasteiger partial charge in [0.2, 0.25) is 12.0 Å². The maximum Gasteiger partial charge on any atom is 0.303 e. The third-order valence-corrected chi connectivity index (χ3v) is 5.77. The van der Waals surface area contributed by atoms with Crippen molar-refractivity contribution in [3.05, 3.63) is 65.0 Å². The smallest absolute Gasteiger partial charge is 0.303 e. The van der Waals surface area contributed by atoms with Crippen LogP contribution in [0.1, 0.15) is 31.1 Å². The van der Waals surface area contributed by atoms with E-state index in [4.69, 9.17) is 4.74 Å². The number of ether oxygens (including phenoxy) is 1. The summed E-state index contributed by atoms with van der Waals surface area (Å²) in [5, 5.41) is 5.02. The first-order valence-electron chi connectivity index (χ1n) is 9.82. The number of anilines is 2. The Morgan fingerprint density at radius 3 is 2.61 bits per heavy atom. The zero-order valence-electron chi connectivity index (χ0n) is 17.1. The second kappa shape index (κ2) is 8.69. The molecule has 2 heterocycles. The molecular formula is C23H21N3O4S. The summed E-state index contributed by atoms with van der Waals surface area (Å²) in [6.45, 7) is 3.52. The Bertz CT molecular complexity index is 1140. The summed E-state index contributed by atoms with van der Waals surface area (Å²) >= 11 is 1.29. The molecule has 1 atom stereocenters. The van der Waals surface area contributed by atoms with Crippen molar-refractivity contribution in [2.75, 3.05) is 16.8 Å². The van der Waals surface area contributed by atoms with Crippen molar-refractivity contribution in [3.63, 3.8) is 0 Å². The maximum absolute atomic E-state index is 12.8. The summed E-state index contributed by atoms with van der Waals surface area (Å²) < 4.78 is 5.24. The zero-order chi connectivity index (χ0) is 22.0. The van der Waals surface area contributed by atoms with Crippen LogP contribution in [0.4, 0.5) is 10.8 Å². The lowest BCUT2D eigenvalue weighted by Crippen LogP contribution is -2.25. The number of hydrogen-bond acceptors (Lipinski definition) is 6. The molecular weight excluding hydrogens is 414 g/mol. The molecule has 2 aromatic carbocycles. The van der Waals surface area contributed by atoms with Gasteiger partial charge >= 0.3 is 5.97 Å². The third-order valence-electron chi connectivity index (χ3n) is 5.01. The highest BCUT2D eigenvalue weighted by atomic mass is 32.1. The van der Waals surface area contributed by atoms with Crippen LogP contribution in [0.2, 0.25) is 0 Å². The molecule has 0 fully saturated rings. The van der Waals surface area contributed by atoms with E-state index in [0.717, 1.165) is 28.9 Å². The number of fused-ring (bicyclic) bond motifs is 1. The second-order valence-electron chi connectivity index (χ2n) is 7.19. The Balaban J connectivity index is 1.52. The van der Waals surface area contributed by atoms with Gasteiger partial charge in [-0.25, -0.2) is 4.98 Å². The Kier molecular flexibility index (Phi) is 5.81. The summed E-state index contributed by atoms with van der Waals surface area (Å²) in [5.41, 5.74) is 4.27. The molecule has 0 saturated carbocycles. The topological polar surface area (TPSA) is 88.6 Å². The van der Waals surface area contributed by atoms with Crippen LogP contribution in [-0.4, -0.2) is 29.3 Å². The molecule has 158 valence electrons. The van der Waals surface area contributed by atoms with Crippen molar-refractivity contribution in [2.45, 2.75) is 26.4 Å². The van der Waals surface area contributed by atoms with E-state index in [2.05, 4.69) is 10.3 Å². The van der Waals surface area contributed by atoms with Gasteiger partial charge in [0, 0.05) is 42.6 Å². The molecule has 2 amide bonds. The number of benzene rings is 2. The van der Waals surface area contributed by atoms with Crippen LogP contribution in [0, 0.1) is 0 Å². The number of nitrogens with one attached hydrogen (secondary N) is 1. The highest BCUT2D eigenvalue weighted by Gasteiger charge is 2.25. The molecule has 0 saturated heterocycles. The Morgan fingerprint density at radius 2 is 1.90 bits per heavy atom. The Morgan fingerprint density at radius 1 is 1.13 bits per heavy atom. The molecule has 3 aromatic rings. The second-order valence-corrected chi connectivity index (χ2v) is 8.05. The van der Waals surface area contributed by atoms with Crippen molar-refractivity contribution in [1.29, 1.82) is 0 Å². The van der Waals surface area contributed by atoms with Crippen molar-refractivity contribution >= 4 is 39.9 Å². The molecule has 0 aliphatic carbocycles. The van der Waals surface area contributed by atoms with E-state index in [1.807, 2.05) is 29.6 Å². The number of hydrogen-bond donors (Lipinski definition) is 1. The van der Waals surface area contributed by atoms with Crippen LogP contribution in [0.5, 0.6) is 0 Å². The van der Waals surface area contributed by atoms with Crippen molar-refractivity contribution in [2.24, 2.45) is 0 Å². The largest absolute Gasteiger partial charge is 0.447 e. The number of nitrogens with zero attached hydrogens (tertiary/aromatic N) is 2. The minimum atomic E-state index is -1.05. The first-order valence-corrected chi connectivity index (χ1v) is 10.7. The first kappa shape index (κ1) is 20.7. The summed E-state index contributed by atoms with van der Waals surface area (Å²) in [5.74, 6) is -0.971. The van der Waals surface area contributed by atoms with Crippen LogP contribution in [0.25, 0.3) is 11.3 Å². The monoisotopic (exact) mass is 435 g/mol. The molecule has 1 aliphatic rings. The minimum absolute atomic E-state index is 0.0332. The van der Waals surface area contributed by atoms with E-state index in [9.17, 15) is 14.4 Å². The van der Waals surface area contributed by atoms with Crippen molar-refractivity contribution < 1.29 is 19.1 Å². The number of carbonyl (C=O) groups excluding carboxylic acids is 3. The summed E-state index contributed by atoms with van der Waals surface area (Å²) in [6, 6.07) is 14.7. The molecule has 0 spiro atoms. The van der Waals surface area contributed by atoms with E-state index in [1.165, 1.54) is 18.3 Å². The number of rotatable bonds is 5. The van der Waals surface area contributed by atoms with Gasteiger partial charge in [0.05, 0.1) is 5.69 Å². The molecule has 0 unspecified atom stereocenters. The normalized spacial score (nSPS) is 13.4. The fraction of sp³-hybridized carbons (Fsp3) is 0.217. The summed E-state index contributed by atoms with van der Waals surface area (Å²) in [4.78, 5) is 42.3. The number of thiazole rings is 1. The van der Waals surface area contributed by atoms with Crippen LogP contribution >= 0.6 is 11.3 Å². The molecule has 4 rings (SSSR count). The lowest BCUT2D eigenvalue weighted by molar-refractivity contribution is -0.152. The first-order chi connectivity index (χ1) is 14.9. The van der Waals surface area contributed by atoms with Gasteiger partial charge in [0.1, 0.15) is 0 Å². The van der Waals surface area contributed by atoms with E-state index in [0.29, 0.717) is 17.2 Å². The highest BCUT2D eigenvalue weighted by molar-refractivity contribution is 7.14. The van der Waals surface area contributed by atoms with Gasteiger partial charge in [-0.05, 0) is 24.1 Å². The van der Waals surface area contributed by atoms with E-state index in [1.54, 1.807) is 36.1 Å². The van der Waals surface area contributed by atoms with Crippen LogP contribution in [0.3, 0.4) is 0 Å². The van der Waals surface area contributed by atoms with Gasteiger partial charge < -0.3 is 9.64 Å². The molecule has 8 heteroatoms. The number of esters is 1. The minimum Gasteiger partial charge on any atom is -0.447 e. The number of carbonyl (C=O) groups is 3. The van der Waals surface area contributed by atoms with Gasteiger partial charge in [0.15, 0.2) is 5.13 Å². The molecule has 0 radical (unpaired) electrons. The van der Waals surface area contributed by atoms with Gasteiger partial charge in [0.25, 0.3) is 5.91 Å². The van der Waals surface area contributed by atoms with Crippen LogP contribution in [0.15, 0.2) is 53.9 Å². The van der Waals surface area contributed by atoms with E-state index >= 15 is 0 Å². The molecule has 1 N–H and O–H groups in total. The van der Waals surface area contributed by atoms with Gasteiger partial charge in [-0.2, -0.15) is 0 Å². The summed E-state index contributed by atoms with van der Waals surface area (Å²) in [6.07, 6.45) is -0.249. The Hall–Kier alpha value is -3.52. The van der Waals surface area contributed by atoms with Crippen LogP contribution < -0.4 is 10.2 Å². The fourth-order valence-corrected chi connectivity index (χ4v) is 4.31. The maximum atomic E-state index is 12.8. The molecule has 0 bridgehead atoms. The predicted octanol–water partition coefficient (Wildman–Crippen LogP) is 3.96. The number of amides is 2. The standard InChI is InChI=1S/C23H21N3O4S/c1-14(27)26-11-10-18-12-17(8-9-20(18)26)19-13-31-23(24-19)25-22(29)21(30-15(2)28)16-6-4-3-5-7-16/h3-9,12-13,21H,10-11H2,1-2H3,(H,24,25,29)/t21-/m0/s1. The molecule has 1 aliphatic heterocycles. The zero-order valence-corrected chi connectivity index (χ0v) is 17.9. The lowest BCUT2D eigenvalue weighted by Gasteiger charge is -2.16. The van der Waals surface area contributed by atoms with E-state index in [-0.39, 0.29) is 5.91 Å². The predicted molar refractivity (Wildman–Crippen MR) is 119 cm³/mol. The average Bonchev–Trinajstić information content (AvgIpc) is 3.39. The van der Waals surface area contributed by atoms with Gasteiger partial charge in [-0.3, -0.25) is 19.7 Å². The van der Waals surface area contributed by atoms with Gasteiger partial charge in [-0.1, -0.05) is 36.4 Å². The fourth-order valence-electron chi connectivity index (χ4n) is 3.59. The quantitative estimate of drug-likeness (QED) is 0.613. The van der Waals surface area contributed by atoms with E-state index < -0.39 is 18.0 Å². The SMILES string of the molecule is CC(=O)O[C@H](C(=O)Nc1nc(-c2ccc3c(c2)CCN3C(C)=O)cs1)c1ccccc1. The van der Waals surface area contributed by atoms with Crippen molar-refractivity contribution in [3.8, 4) is 11.3 Å². The third kappa shape index (κ3) is 4.49. The Labute approximate surface area is 183 Å². The van der Waals surface area contributed by atoms with Crippen LogP contribution in [-0.2, 0) is 25.5 Å². The molecule has 31 heavy (non-hydrogen) atoms. The average molecular weight is 436 g/mol. The van der Waals surface area contributed by atoms with Crippen molar-refractivity contribution in [1.82, 2.24) is 4.98 Å². The summed E-state index contributed by atoms with van der Waals surface area (Å²) in [7, 11) is 0. The molecule has 7 nitrogen and oxygen atoms in total. The lowest BCUT2D eigenvalue weighted by atomic mass is 10.1. The molecule has 1 aromatic heterocycles. The van der Waals surface area contributed by atoms with Gasteiger partial charge in [-0.15, -0.1) is 11.3 Å².